The number of benzene rings is 2. The molecule has 6 nitrogen and oxygen atoms in total. The summed E-state index contributed by atoms with van der Waals surface area (Å²) in [5, 5.41) is 0. The Kier molecular flexibility index (Phi) is 11.8. The molecule has 0 unspecified atom stereocenters. The Morgan fingerprint density at radius 1 is 0.594 bits per heavy atom. The predicted molar refractivity (Wildman–Crippen MR) is 130 cm³/mol. The van der Waals surface area contributed by atoms with Gasteiger partial charge in [-0.15, -0.1) is 0 Å². The quantitative estimate of drug-likeness (QED) is 0.389. The molecule has 32 heavy (non-hydrogen) atoms. The van der Waals surface area contributed by atoms with Gasteiger partial charge in [-0.3, -0.25) is 0 Å². The van der Waals surface area contributed by atoms with E-state index in [0.717, 1.165) is 68.4 Å². The van der Waals surface area contributed by atoms with Crippen LogP contribution in [0.25, 0.3) is 0 Å². The predicted octanol–water partition coefficient (Wildman–Crippen LogP) is 4.33. The lowest BCUT2D eigenvalue weighted by Gasteiger charge is -2.23. The summed E-state index contributed by atoms with van der Waals surface area (Å²) in [5.41, 5.74) is 8.14. The van der Waals surface area contributed by atoms with Crippen LogP contribution < -0.4 is 24.7 Å². The molecular weight excluding hydrogens is 404 g/mol. The van der Waals surface area contributed by atoms with E-state index in [1.54, 1.807) is 28.4 Å². The van der Waals surface area contributed by atoms with E-state index in [1.807, 2.05) is 12.1 Å². The zero-order valence-electron chi connectivity index (χ0n) is 20.2. The fourth-order valence-corrected chi connectivity index (χ4v) is 3.82. The Bertz CT molecular complexity index is 738. The average molecular weight is 445 g/mol. The van der Waals surface area contributed by atoms with Crippen LogP contribution in [0.2, 0.25) is 0 Å². The highest BCUT2D eigenvalue weighted by molar-refractivity contribution is 5.43. The SMILES string of the molecule is COc1ccc(CCN(CCCCCCN)CCc2ccc(OC)c(OC)c2)cc1OC. The monoisotopic (exact) mass is 444 g/mol. The first kappa shape index (κ1) is 25.8. The molecule has 2 aromatic carbocycles. The summed E-state index contributed by atoms with van der Waals surface area (Å²) in [6.07, 6.45) is 6.66. The summed E-state index contributed by atoms with van der Waals surface area (Å²) in [5.74, 6) is 3.09. The van der Waals surface area contributed by atoms with Crippen molar-refractivity contribution in [2.45, 2.75) is 38.5 Å². The maximum absolute atomic E-state index is 5.63. The lowest BCUT2D eigenvalue weighted by Crippen LogP contribution is -2.29. The summed E-state index contributed by atoms with van der Waals surface area (Å²) in [6, 6.07) is 12.4. The summed E-state index contributed by atoms with van der Waals surface area (Å²) in [6.45, 7) is 3.87. The van der Waals surface area contributed by atoms with Gasteiger partial charge in [0.15, 0.2) is 23.0 Å². The third kappa shape index (κ3) is 8.24. The lowest BCUT2D eigenvalue weighted by molar-refractivity contribution is 0.273. The van der Waals surface area contributed by atoms with Crippen molar-refractivity contribution in [1.82, 2.24) is 4.90 Å². The Morgan fingerprint density at radius 2 is 1.06 bits per heavy atom. The molecule has 6 heteroatoms. The molecule has 0 aromatic heterocycles. The minimum Gasteiger partial charge on any atom is -0.493 e. The van der Waals surface area contributed by atoms with Crippen molar-refractivity contribution in [3.05, 3.63) is 47.5 Å². The number of unbranched alkanes of at least 4 members (excludes halogenated alkanes) is 3. The van der Waals surface area contributed by atoms with Crippen LogP contribution >= 0.6 is 0 Å². The fourth-order valence-electron chi connectivity index (χ4n) is 3.82. The van der Waals surface area contributed by atoms with Gasteiger partial charge in [-0.1, -0.05) is 25.0 Å². The molecule has 0 heterocycles. The van der Waals surface area contributed by atoms with Crippen LogP contribution in [0.3, 0.4) is 0 Å². The second kappa shape index (κ2) is 14.6. The number of ether oxygens (including phenoxy) is 4. The van der Waals surface area contributed by atoms with Crippen molar-refractivity contribution in [2.24, 2.45) is 5.73 Å². The Balaban J connectivity index is 1.98. The highest BCUT2D eigenvalue weighted by Gasteiger charge is 2.10. The van der Waals surface area contributed by atoms with Gasteiger partial charge in [-0.25, -0.2) is 0 Å². The Morgan fingerprint density at radius 3 is 1.50 bits per heavy atom. The van der Waals surface area contributed by atoms with Crippen molar-refractivity contribution in [3.8, 4) is 23.0 Å². The molecule has 0 atom stereocenters. The molecule has 2 rings (SSSR count). The topological polar surface area (TPSA) is 66.2 Å². The van der Waals surface area contributed by atoms with Crippen LogP contribution in [-0.2, 0) is 12.8 Å². The maximum atomic E-state index is 5.63. The van der Waals surface area contributed by atoms with Gasteiger partial charge >= 0.3 is 0 Å². The van der Waals surface area contributed by atoms with Gasteiger partial charge in [0.2, 0.25) is 0 Å². The second-order valence-electron chi connectivity index (χ2n) is 7.92. The first-order chi connectivity index (χ1) is 15.6. The Labute approximate surface area is 193 Å². The highest BCUT2D eigenvalue weighted by Crippen LogP contribution is 2.29. The van der Waals surface area contributed by atoms with Crippen LogP contribution in [0.5, 0.6) is 23.0 Å². The zero-order valence-corrected chi connectivity index (χ0v) is 20.2. The molecule has 0 aliphatic carbocycles. The molecular formula is C26H40N2O4. The first-order valence-electron chi connectivity index (χ1n) is 11.5. The molecule has 0 amide bonds. The molecule has 2 N–H and O–H groups in total. The molecule has 0 aliphatic heterocycles. The van der Waals surface area contributed by atoms with Crippen LogP contribution in [0.15, 0.2) is 36.4 Å². The van der Waals surface area contributed by atoms with E-state index in [-0.39, 0.29) is 0 Å². The normalized spacial score (nSPS) is 10.9. The molecule has 0 fully saturated rings. The van der Waals surface area contributed by atoms with Crippen molar-refractivity contribution < 1.29 is 18.9 Å². The second-order valence-corrected chi connectivity index (χ2v) is 7.92. The maximum Gasteiger partial charge on any atom is 0.160 e. The fraction of sp³-hybridized carbons (Fsp3) is 0.538. The van der Waals surface area contributed by atoms with Crippen molar-refractivity contribution in [3.63, 3.8) is 0 Å². The largest absolute Gasteiger partial charge is 0.493 e. The molecule has 0 saturated heterocycles. The molecule has 2 aromatic rings. The van der Waals surface area contributed by atoms with E-state index in [4.69, 9.17) is 24.7 Å². The number of nitrogens with two attached hydrogens (primary N) is 1. The number of rotatable bonds is 16. The van der Waals surface area contributed by atoms with Gasteiger partial charge in [0, 0.05) is 13.1 Å². The number of hydrogen-bond acceptors (Lipinski definition) is 6. The average Bonchev–Trinajstić information content (AvgIpc) is 2.84. The van der Waals surface area contributed by atoms with E-state index >= 15 is 0 Å². The molecule has 0 bridgehead atoms. The zero-order chi connectivity index (χ0) is 23.2. The van der Waals surface area contributed by atoms with Crippen LogP contribution in [-0.4, -0.2) is 59.5 Å². The van der Waals surface area contributed by atoms with Crippen LogP contribution in [0, 0.1) is 0 Å². The van der Waals surface area contributed by atoms with E-state index in [0.29, 0.717) is 0 Å². The van der Waals surface area contributed by atoms with Gasteiger partial charge in [0.25, 0.3) is 0 Å². The Hall–Kier alpha value is -2.44. The van der Waals surface area contributed by atoms with Crippen molar-refractivity contribution >= 4 is 0 Å². The number of nitrogens with zero attached hydrogens (tertiary/aromatic N) is 1. The lowest BCUT2D eigenvalue weighted by atomic mass is 10.1. The summed E-state index contributed by atoms with van der Waals surface area (Å²) in [7, 11) is 6.69. The van der Waals surface area contributed by atoms with E-state index in [1.165, 1.54) is 30.4 Å². The molecule has 0 saturated carbocycles. The first-order valence-corrected chi connectivity index (χ1v) is 11.5. The smallest absolute Gasteiger partial charge is 0.160 e. The molecule has 0 radical (unpaired) electrons. The van der Waals surface area contributed by atoms with Gasteiger partial charge < -0.3 is 29.6 Å². The van der Waals surface area contributed by atoms with Crippen LogP contribution in [0.1, 0.15) is 36.8 Å². The number of methoxy groups -OCH3 is 4. The molecule has 0 aliphatic rings. The minimum atomic E-state index is 0.765. The summed E-state index contributed by atoms with van der Waals surface area (Å²) >= 11 is 0. The minimum absolute atomic E-state index is 0.765. The third-order valence-corrected chi connectivity index (χ3v) is 5.76. The van der Waals surface area contributed by atoms with E-state index in [2.05, 4.69) is 29.2 Å². The van der Waals surface area contributed by atoms with Gasteiger partial charge in [-0.2, -0.15) is 0 Å². The standard InChI is InChI=1S/C26H40N2O4/c1-29-23-11-9-21(19-25(23)31-3)13-17-28(16-8-6-5-7-15-27)18-14-22-10-12-24(30-2)26(20-22)32-4/h9-12,19-20H,5-8,13-18,27H2,1-4H3. The van der Waals surface area contributed by atoms with Gasteiger partial charge in [0.05, 0.1) is 28.4 Å². The van der Waals surface area contributed by atoms with Crippen molar-refractivity contribution in [2.75, 3.05) is 54.6 Å². The molecule has 0 spiro atoms. The van der Waals surface area contributed by atoms with Gasteiger partial charge in [-0.05, 0) is 74.2 Å². The summed E-state index contributed by atoms with van der Waals surface area (Å²) in [4.78, 5) is 2.55. The highest BCUT2D eigenvalue weighted by atomic mass is 16.5. The molecule has 178 valence electrons. The van der Waals surface area contributed by atoms with E-state index in [9.17, 15) is 0 Å². The third-order valence-electron chi connectivity index (χ3n) is 5.76. The van der Waals surface area contributed by atoms with Crippen molar-refractivity contribution in [1.29, 1.82) is 0 Å². The summed E-state index contributed by atoms with van der Waals surface area (Å²) < 4.78 is 21.6. The van der Waals surface area contributed by atoms with E-state index < -0.39 is 0 Å². The van der Waals surface area contributed by atoms with Gasteiger partial charge in [0.1, 0.15) is 0 Å². The number of hydrogen-bond donors (Lipinski definition) is 1. The van der Waals surface area contributed by atoms with Crippen LogP contribution in [0.4, 0.5) is 0 Å².